The van der Waals surface area contributed by atoms with Crippen LogP contribution in [-0.4, -0.2) is 18.0 Å². The highest BCUT2D eigenvalue weighted by Gasteiger charge is 2.45. The van der Waals surface area contributed by atoms with Gasteiger partial charge in [-0.15, -0.1) is 0 Å². The fraction of sp³-hybridized carbons (Fsp3) is 0.818. The van der Waals surface area contributed by atoms with Gasteiger partial charge in [-0.25, -0.2) is 0 Å². The number of nitrogens with one attached hydrogen (secondary N) is 1. The van der Waals surface area contributed by atoms with Gasteiger partial charge in [-0.3, -0.25) is 14.9 Å². The number of imide groups is 1. The van der Waals surface area contributed by atoms with Crippen LogP contribution in [0.3, 0.4) is 0 Å². The maximum Gasteiger partial charge on any atom is 0.391 e. The summed E-state index contributed by atoms with van der Waals surface area (Å²) in [5.74, 6) is -2.33. The molecule has 0 aromatic carbocycles. The summed E-state index contributed by atoms with van der Waals surface area (Å²) < 4.78 is 37.4. The highest BCUT2D eigenvalue weighted by atomic mass is 19.4. The molecule has 2 amide bonds. The van der Waals surface area contributed by atoms with Crippen LogP contribution in [0.4, 0.5) is 13.2 Å². The molecule has 0 aromatic rings. The molecule has 2 rings (SSSR count). The minimum atomic E-state index is -4.13. The van der Waals surface area contributed by atoms with E-state index < -0.39 is 18.0 Å². The normalized spacial score (nSPS) is 34.9. The molecule has 6 heteroatoms. The second-order valence-corrected chi connectivity index (χ2v) is 4.88. The van der Waals surface area contributed by atoms with Gasteiger partial charge in [0.1, 0.15) is 0 Å². The standard InChI is InChI=1S/C11H14F3NO2/c12-11(13,14)7-3-1-6(2-4-7)8-5-9(16)15-10(8)17/h6-8H,1-5H2,(H,15,16,17). The third-order valence-corrected chi connectivity index (χ3v) is 3.81. The van der Waals surface area contributed by atoms with Crippen LogP contribution in [0, 0.1) is 17.8 Å². The van der Waals surface area contributed by atoms with Crippen LogP contribution in [0.15, 0.2) is 0 Å². The zero-order chi connectivity index (χ0) is 12.6. The van der Waals surface area contributed by atoms with E-state index in [0.717, 1.165) is 0 Å². The van der Waals surface area contributed by atoms with Gasteiger partial charge in [-0.05, 0) is 31.6 Å². The average molecular weight is 249 g/mol. The van der Waals surface area contributed by atoms with Crippen molar-refractivity contribution in [2.24, 2.45) is 17.8 Å². The number of carbonyl (C=O) groups excluding carboxylic acids is 2. The van der Waals surface area contributed by atoms with E-state index in [2.05, 4.69) is 5.32 Å². The van der Waals surface area contributed by atoms with Gasteiger partial charge >= 0.3 is 6.18 Å². The number of hydrogen-bond acceptors (Lipinski definition) is 2. The lowest BCUT2D eigenvalue weighted by Crippen LogP contribution is -2.32. The highest BCUT2D eigenvalue weighted by Crippen LogP contribution is 2.42. The number of halogens is 3. The Kier molecular flexibility index (Phi) is 3.14. The molecule has 96 valence electrons. The predicted octanol–water partition coefficient (Wildman–Crippen LogP) is 2.02. The van der Waals surface area contributed by atoms with E-state index in [0.29, 0.717) is 12.8 Å². The Morgan fingerprint density at radius 1 is 1.06 bits per heavy atom. The third-order valence-electron chi connectivity index (χ3n) is 3.81. The zero-order valence-corrected chi connectivity index (χ0v) is 9.22. The first-order chi connectivity index (χ1) is 7.88. The van der Waals surface area contributed by atoms with Crippen molar-refractivity contribution in [2.45, 2.75) is 38.3 Å². The van der Waals surface area contributed by atoms with Crippen LogP contribution >= 0.6 is 0 Å². The van der Waals surface area contributed by atoms with E-state index in [1.165, 1.54) is 0 Å². The van der Waals surface area contributed by atoms with E-state index in [9.17, 15) is 22.8 Å². The molecule has 2 fully saturated rings. The van der Waals surface area contributed by atoms with Crippen LogP contribution in [0.2, 0.25) is 0 Å². The SMILES string of the molecule is O=C1CC(C2CCC(C(F)(F)F)CC2)C(=O)N1. The van der Waals surface area contributed by atoms with E-state index in [-0.39, 0.29) is 37.0 Å². The molecule has 0 spiro atoms. The smallest absolute Gasteiger partial charge is 0.296 e. The van der Waals surface area contributed by atoms with Gasteiger partial charge in [-0.2, -0.15) is 13.2 Å². The van der Waals surface area contributed by atoms with E-state index in [1.54, 1.807) is 0 Å². The van der Waals surface area contributed by atoms with Crippen molar-refractivity contribution < 1.29 is 22.8 Å². The summed E-state index contributed by atoms with van der Waals surface area (Å²) in [5, 5.41) is 2.21. The van der Waals surface area contributed by atoms with Gasteiger partial charge in [0, 0.05) is 12.3 Å². The quantitative estimate of drug-likeness (QED) is 0.723. The summed E-state index contributed by atoms with van der Waals surface area (Å²) in [5.41, 5.74) is 0. The molecule has 1 saturated heterocycles. The van der Waals surface area contributed by atoms with Crippen molar-refractivity contribution in [3.63, 3.8) is 0 Å². The Balaban J connectivity index is 1.91. The second-order valence-electron chi connectivity index (χ2n) is 4.88. The molecule has 0 bridgehead atoms. The van der Waals surface area contributed by atoms with Crippen LogP contribution in [0.5, 0.6) is 0 Å². The summed E-state index contributed by atoms with van der Waals surface area (Å²) in [6, 6.07) is 0. The number of alkyl halides is 3. The molecule has 0 aromatic heterocycles. The maximum atomic E-state index is 12.5. The summed E-state index contributed by atoms with van der Waals surface area (Å²) in [6.07, 6.45) is -3.07. The number of rotatable bonds is 1. The molecule has 1 N–H and O–H groups in total. The molecular weight excluding hydrogens is 235 g/mol. The second kappa shape index (κ2) is 4.31. The Bertz CT molecular complexity index is 332. The van der Waals surface area contributed by atoms with Crippen LogP contribution < -0.4 is 5.32 Å². The topological polar surface area (TPSA) is 46.2 Å². The summed E-state index contributed by atoms with van der Waals surface area (Å²) >= 11 is 0. The van der Waals surface area contributed by atoms with Crippen LogP contribution in [0.25, 0.3) is 0 Å². The molecular formula is C11H14F3NO2. The van der Waals surface area contributed by atoms with Gasteiger partial charge in [0.15, 0.2) is 0 Å². The minimum absolute atomic E-state index is 0.0694. The van der Waals surface area contributed by atoms with E-state index in [1.807, 2.05) is 0 Å². The summed E-state index contributed by atoms with van der Waals surface area (Å²) in [4.78, 5) is 22.4. The van der Waals surface area contributed by atoms with Gasteiger partial charge in [-0.1, -0.05) is 0 Å². The average Bonchev–Trinajstić information content (AvgIpc) is 2.57. The van der Waals surface area contributed by atoms with Gasteiger partial charge in [0.2, 0.25) is 11.8 Å². The Morgan fingerprint density at radius 3 is 2.06 bits per heavy atom. The van der Waals surface area contributed by atoms with Crippen molar-refractivity contribution in [1.82, 2.24) is 5.32 Å². The molecule has 0 radical (unpaired) electrons. The first-order valence-electron chi connectivity index (χ1n) is 5.78. The van der Waals surface area contributed by atoms with Gasteiger partial charge in [0.25, 0.3) is 0 Å². The maximum absolute atomic E-state index is 12.5. The molecule has 1 unspecified atom stereocenters. The van der Waals surface area contributed by atoms with Crippen LogP contribution in [-0.2, 0) is 9.59 Å². The minimum Gasteiger partial charge on any atom is -0.296 e. The first kappa shape index (κ1) is 12.4. The fourth-order valence-corrected chi connectivity index (χ4v) is 2.80. The number of amides is 2. The van der Waals surface area contributed by atoms with Crippen molar-refractivity contribution in [3.05, 3.63) is 0 Å². The molecule has 17 heavy (non-hydrogen) atoms. The summed E-state index contributed by atoms with van der Waals surface area (Å²) in [7, 11) is 0. The predicted molar refractivity (Wildman–Crippen MR) is 52.8 cm³/mol. The van der Waals surface area contributed by atoms with Gasteiger partial charge in [0.05, 0.1) is 5.92 Å². The Labute approximate surface area is 96.7 Å². The molecule has 1 aliphatic heterocycles. The Morgan fingerprint density at radius 2 is 1.65 bits per heavy atom. The molecule has 1 atom stereocenters. The van der Waals surface area contributed by atoms with Crippen molar-refractivity contribution >= 4 is 11.8 Å². The van der Waals surface area contributed by atoms with Gasteiger partial charge < -0.3 is 0 Å². The number of hydrogen-bond donors (Lipinski definition) is 1. The molecule has 1 aliphatic carbocycles. The zero-order valence-electron chi connectivity index (χ0n) is 9.22. The lowest BCUT2D eigenvalue weighted by molar-refractivity contribution is -0.184. The largest absolute Gasteiger partial charge is 0.391 e. The number of carbonyl (C=O) groups is 2. The van der Waals surface area contributed by atoms with E-state index in [4.69, 9.17) is 0 Å². The van der Waals surface area contributed by atoms with Crippen molar-refractivity contribution in [1.29, 1.82) is 0 Å². The van der Waals surface area contributed by atoms with Crippen LogP contribution in [0.1, 0.15) is 32.1 Å². The van der Waals surface area contributed by atoms with Crippen molar-refractivity contribution in [3.8, 4) is 0 Å². The Hall–Kier alpha value is -1.07. The van der Waals surface area contributed by atoms with E-state index >= 15 is 0 Å². The monoisotopic (exact) mass is 249 g/mol. The molecule has 2 aliphatic rings. The van der Waals surface area contributed by atoms with Crippen molar-refractivity contribution in [2.75, 3.05) is 0 Å². The fourth-order valence-electron chi connectivity index (χ4n) is 2.80. The molecule has 1 saturated carbocycles. The molecule has 1 heterocycles. The lowest BCUT2D eigenvalue weighted by atomic mass is 9.75. The highest BCUT2D eigenvalue weighted by molar-refractivity contribution is 6.03. The lowest BCUT2D eigenvalue weighted by Gasteiger charge is -2.31. The first-order valence-corrected chi connectivity index (χ1v) is 5.78. The summed E-state index contributed by atoms with van der Waals surface area (Å²) in [6.45, 7) is 0. The molecule has 3 nitrogen and oxygen atoms in total. The third kappa shape index (κ3) is 2.61.